The third-order valence-electron chi connectivity index (χ3n) is 3.40. The third kappa shape index (κ3) is 4.30. The summed E-state index contributed by atoms with van der Waals surface area (Å²) in [6, 6.07) is 7.74. The molecule has 0 aliphatic rings. The zero-order valence-corrected chi connectivity index (χ0v) is 14.7. The van der Waals surface area contributed by atoms with Crippen LogP contribution in [0.4, 0.5) is 4.39 Å². The lowest BCUT2D eigenvalue weighted by Crippen LogP contribution is -2.26. The molecule has 0 aliphatic heterocycles. The van der Waals surface area contributed by atoms with E-state index in [4.69, 9.17) is 32.7 Å². The highest BCUT2D eigenvalue weighted by Crippen LogP contribution is 2.27. The van der Waals surface area contributed by atoms with Crippen LogP contribution in [0.15, 0.2) is 30.3 Å². The van der Waals surface area contributed by atoms with Crippen molar-refractivity contribution in [1.29, 1.82) is 0 Å². The molecule has 0 aliphatic carbocycles. The molecule has 0 unspecified atom stereocenters. The fraction of sp³-hybridized carbons (Fsp3) is 0.235. The molecule has 4 nitrogen and oxygen atoms in total. The van der Waals surface area contributed by atoms with Crippen LogP contribution in [-0.2, 0) is 6.42 Å². The van der Waals surface area contributed by atoms with Gasteiger partial charge in [0.1, 0.15) is 5.82 Å². The van der Waals surface area contributed by atoms with Gasteiger partial charge in [-0.05, 0) is 36.2 Å². The number of carbonyl (C=O) groups is 1. The molecular weight excluding hydrogens is 356 g/mol. The van der Waals surface area contributed by atoms with Crippen molar-refractivity contribution in [2.45, 2.75) is 6.42 Å². The third-order valence-corrected chi connectivity index (χ3v) is 4.00. The second-order valence-electron chi connectivity index (χ2n) is 4.94. The molecule has 7 heteroatoms. The van der Waals surface area contributed by atoms with Gasteiger partial charge in [0, 0.05) is 6.54 Å². The molecule has 24 heavy (non-hydrogen) atoms. The highest BCUT2D eigenvalue weighted by Gasteiger charge is 2.14. The summed E-state index contributed by atoms with van der Waals surface area (Å²) in [4.78, 5) is 12.1. The standard InChI is InChI=1S/C17H16Cl2FNO3/c1-23-15-4-3-10(7-16(15)24-2)5-6-21-17(22)11-8-14(20)13(19)9-12(11)18/h3-4,7-9H,5-6H2,1-2H3,(H,21,22). The average molecular weight is 372 g/mol. The SMILES string of the molecule is COc1ccc(CCNC(=O)c2cc(F)c(Cl)cc2Cl)cc1OC. The first kappa shape index (κ1) is 18.4. The molecule has 0 spiro atoms. The summed E-state index contributed by atoms with van der Waals surface area (Å²) in [5.74, 6) is 0.0972. The van der Waals surface area contributed by atoms with Crippen molar-refractivity contribution in [3.8, 4) is 11.5 Å². The Morgan fingerprint density at radius 3 is 2.46 bits per heavy atom. The number of benzene rings is 2. The Kier molecular flexibility index (Phi) is 6.29. The second kappa shape index (κ2) is 8.22. The first-order valence-electron chi connectivity index (χ1n) is 7.10. The van der Waals surface area contributed by atoms with Crippen LogP contribution in [0.2, 0.25) is 10.0 Å². The number of hydrogen-bond donors (Lipinski definition) is 1. The molecule has 0 saturated heterocycles. The molecule has 0 saturated carbocycles. The summed E-state index contributed by atoms with van der Waals surface area (Å²) in [6.45, 7) is 0.356. The van der Waals surface area contributed by atoms with E-state index in [1.165, 1.54) is 6.07 Å². The van der Waals surface area contributed by atoms with Gasteiger partial charge in [-0.2, -0.15) is 0 Å². The number of halogens is 3. The minimum Gasteiger partial charge on any atom is -0.493 e. The Hall–Kier alpha value is -1.98. The fourth-order valence-electron chi connectivity index (χ4n) is 2.15. The maximum Gasteiger partial charge on any atom is 0.252 e. The number of amides is 1. The van der Waals surface area contributed by atoms with E-state index in [9.17, 15) is 9.18 Å². The van der Waals surface area contributed by atoms with Gasteiger partial charge >= 0.3 is 0 Å². The van der Waals surface area contributed by atoms with Crippen LogP contribution in [0.3, 0.4) is 0 Å². The Morgan fingerprint density at radius 2 is 1.79 bits per heavy atom. The lowest BCUT2D eigenvalue weighted by molar-refractivity contribution is 0.0954. The second-order valence-corrected chi connectivity index (χ2v) is 5.76. The molecule has 0 aromatic heterocycles. The largest absolute Gasteiger partial charge is 0.493 e. The van der Waals surface area contributed by atoms with Crippen molar-refractivity contribution >= 4 is 29.1 Å². The summed E-state index contributed by atoms with van der Waals surface area (Å²) in [5, 5.41) is 2.67. The fourth-order valence-corrected chi connectivity index (χ4v) is 2.62. The van der Waals surface area contributed by atoms with Gasteiger partial charge in [-0.15, -0.1) is 0 Å². The van der Waals surface area contributed by atoms with Crippen molar-refractivity contribution in [3.63, 3.8) is 0 Å². The molecule has 1 N–H and O–H groups in total. The maximum absolute atomic E-state index is 13.5. The maximum atomic E-state index is 13.5. The normalized spacial score (nSPS) is 10.4. The van der Waals surface area contributed by atoms with Crippen molar-refractivity contribution in [1.82, 2.24) is 5.32 Å². The Bertz CT molecular complexity index is 753. The minimum atomic E-state index is -0.689. The van der Waals surface area contributed by atoms with E-state index in [-0.39, 0.29) is 15.6 Å². The van der Waals surface area contributed by atoms with E-state index in [1.807, 2.05) is 12.1 Å². The van der Waals surface area contributed by atoms with Gasteiger partial charge < -0.3 is 14.8 Å². The Morgan fingerprint density at radius 1 is 1.08 bits per heavy atom. The van der Waals surface area contributed by atoms with E-state index >= 15 is 0 Å². The average Bonchev–Trinajstić information content (AvgIpc) is 2.57. The molecule has 2 rings (SSSR count). The van der Waals surface area contributed by atoms with Gasteiger partial charge in [0.2, 0.25) is 0 Å². The predicted molar refractivity (Wildman–Crippen MR) is 92.0 cm³/mol. The van der Waals surface area contributed by atoms with Crippen LogP contribution in [0.1, 0.15) is 15.9 Å². The Balaban J connectivity index is 1.99. The summed E-state index contributed by atoms with van der Waals surface area (Å²) in [5.41, 5.74) is 1.01. The van der Waals surface area contributed by atoms with Gasteiger partial charge in [0.15, 0.2) is 11.5 Å². The zero-order valence-electron chi connectivity index (χ0n) is 13.2. The van der Waals surface area contributed by atoms with E-state index in [1.54, 1.807) is 20.3 Å². The van der Waals surface area contributed by atoms with E-state index in [0.29, 0.717) is 24.5 Å². The molecule has 2 aromatic rings. The lowest BCUT2D eigenvalue weighted by Gasteiger charge is -2.10. The highest BCUT2D eigenvalue weighted by molar-refractivity contribution is 6.36. The molecule has 1 amide bonds. The zero-order chi connectivity index (χ0) is 17.7. The van der Waals surface area contributed by atoms with Crippen molar-refractivity contribution in [2.24, 2.45) is 0 Å². The summed E-state index contributed by atoms with van der Waals surface area (Å²) in [6.07, 6.45) is 0.569. The molecule has 0 heterocycles. The van der Waals surface area contributed by atoms with E-state index in [2.05, 4.69) is 5.32 Å². The molecule has 0 bridgehead atoms. The van der Waals surface area contributed by atoms with Crippen LogP contribution in [0.5, 0.6) is 11.5 Å². The molecule has 0 radical (unpaired) electrons. The first-order chi connectivity index (χ1) is 11.5. The monoisotopic (exact) mass is 371 g/mol. The van der Waals surface area contributed by atoms with E-state index in [0.717, 1.165) is 11.6 Å². The predicted octanol–water partition coefficient (Wildman–Crippen LogP) is 4.12. The molecule has 128 valence electrons. The molecule has 0 fully saturated rings. The number of rotatable bonds is 6. The van der Waals surface area contributed by atoms with Crippen LogP contribution in [0.25, 0.3) is 0 Å². The molecular formula is C17H16Cl2FNO3. The quantitative estimate of drug-likeness (QED) is 0.776. The summed E-state index contributed by atoms with van der Waals surface area (Å²) in [7, 11) is 3.12. The summed E-state index contributed by atoms with van der Waals surface area (Å²) >= 11 is 11.5. The molecule has 2 aromatic carbocycles. The van der Waals surface area contributed by atoms with Crippen molar-refractivity contribution in [3.05, 3.63) is 57.3 Å². The van der Waals surface area contributed by atoms with Gasteiger partial charge in [0.05, 0.1) is 29.8 Å². The van der Waals surface area contributed by atoms with Crippen LogP contribution >= 0.6 is 23.2 Å². The number of nitrogens with one attached hydrogen (secondary N) is 1. The van der Waals surface area contributed by atoms with Gasteiger partial charge in [-0.25, -0.2) is 4.39 Å². The van der Waals surface area contributed by atoms with Crippen LogP contribution in [-0.4, -0.2) is 26.7 Å². The van der Waals surface area contributed by atoms with Crippen molar-refractivity contribution in [2.75, 3.05) is 20.8 Å². The number of hydrogen-bond acceptors (Lipinski definition) is 3. The minimum absolute atomic E-state index is 0.0471. The molecule has 0 atom stereocenters. The van der Waals surface area contributed by atoms with Crippen LogP contribution < -0.4 is 14.8 Å². The first-order valence-corrected chi connectivity index (χ1v) is 7.85. The number of carbonyl (C=O) groups excluding carboxylic acids is 1. The summed E-state index contributed by atoms with van der Waals surface area (Å²) < 4.78 is 23.9. The van der Waals surface area contributed by atoms with Gasteiger partial charge in [-0.1, -0.05) is 29.3 Å². The van der Waals surface area contributed by atoms with Crippen molar-refractivity contribution < 1.29 is 18.7 Å². The lowest BCUT2D eigenvalue weighted by atomic mass is 10.1. The Labute approximate surface area is 149 Å². The van der Waals surface area contributed by atoms with Crippen LogP contribution in [0, 0.1) is 5.82 Å². The topological polar surface area (TPSA) is 47.6 Å². The van der Waals surface area contributed by atoms with E-state index < -0.39 is 11.7 Å². The van der Waals surface area contributed by atoms with Gasteiger partial charge in [-0.3, -0.25) is 4.79 Å². The highest BCUT2D eigenvalue weighted by atomic mass is 35.5. The number of ether oxygens (including phenoxy) is 2. The number of methoxy groups -OCH3 is 2. The van der Waals surface area contributed by atoms with Gasteiger partial charge in [0.25, 0.3) is 5.91 Å². The smallest absolute Gasteiger partial charge is 0.252 e.